The van der Waals surface area contributed by atoms with Gasteiger partial charge in [0, 0.05) is 24.8 Å². The minimum absolute atomic E-state index is 0.0153. The van der Waals surface area contributed by atoms with Crippen molar-refractivity contribution in [2.45, 2.75) is 19.2 Å². The third kappa shape index (κ3) is 5.71. The van der Waals surface area contributed by atoms with Crippen molar-refractivity contribution in [1.29, 1.82) is 0 Å². The number of rotatable bonds is 8. The van der Waals surface area contributed by atoms with E-state index < -0.39 is 23.8 Å². The minimum atomic E-state index is -4.62. The molecule has 2 aliphatic heterocycles. The van der Waals surface area contributed by atoms with Crippen LogP contribution in [-0.4, -0.2) is 51.1 Å². The van der Waals surface area contributed by atoms with E-state index in [0.29, 0.717) is 40.9 Å². The van der Waals surface area contributed by atoms with Crippen molar-refractivity contribution < 1.29 is 41.8 Å². The van der Waals surface area contributed by atoms with Crippen molar-refractivity contribution in [3.63, 3.8) is 0 Å². The Morgan fingerprint density at radius 1 is 1.05 bits per heavy atom. The standard InChI is InChI=1S/C27H22F3N5O6/c28-27(29,30)22-7-8-31-26(32-22)35-11-17(19(12-35)25(36)37)9-15-1-4-18(5-2-15)38-13-23-33-24(41-34-23)16-3-6-20-21(10-16)40-14-39-20/h1-8,10,17,19H,9,11-14H2,(H,36,37)/t17-,19+/m1/s1. The largest absolute Gasteiger partial charge is 0.485 e. The van der Waals surface area contributed by atoms with Crippen LogP contribution < -0.4 is 19.1 Å². The lowest BCUT2D eigenvalue weighted by Gasteiger charge is -2.17. The predicted molar refractivity (Wildman–Crippen MR) is 134 cm³/mol. The second-order valence-electron chi connectivity index (χ2n) is 9.57. The number of carboxylic acid groups (broad SMARTS) is 1. The van der Waals surface area contributed by atoms with E-state index in [4.69, 9.17) is 18.7 Å². The maximum Gasteiger partial charge on any atom is 0.433 e. The molecule has 0 spiro atoms. The fourth-order valence-corrected chi connectivity index (χ4v) is 4.81. The number of aromatic nitrogens is 4. The molecule has 41 heavy (non-hydrogen) atoms. The van der Waals surface area contributed by atoms with Crippen LogP contribution in [0.2, 0.25) is 0 Å². The molecular formula is C27H22F3N5O6. The molecule has 2 atom stereocenters. The highest BCUT2D eigenvalue weighted by Crippen LogP contribution is 2.36. The summed E-state index contributed by atoms with van der Waals surface area (Å²) < 4.78 is 61.0. The number of benzene rings is 2. The Morgan fingerprint density at radius 2 is 1.85 bits per heavy atom. The van der Waals surface area contributed by atoms with Gasteiger partial charge in [0.25, 0.3) is 5.89 Å². The summed E-state index contributed by atoms with van der Waals surface area (Å²) in [6, 6.07) is 13.2. The molecule has 0 bridgehead atoms. The number of carboxylic acids is 1. The molecule has 2 aromatic carbocycles. The molecular weight excluding hydrogens is 547 g/mol. The van der Waals surface area contributed by atoms with Gasteiger partial charge in [-0.3, -0.25) is 4.79 Å². The van der Waals surface area contributed by atoms with Crippen molar-refractivity contribution in [2.24, 2.45) is 11.8 Å². The Morgan fingerprint density at radius 3 is 2.63 bits per heavy atom. The summed E-state index contributed by atoms with van der Waals surface area (Å²) in [5, 5.41) is 13.7. The molecule has 1 fully saturated rings. The summed E-state index contributed by atoms with van der Waals surface area (Å²) in [7, 11) is 0. The molecule has 1 N–H and O–H groups in total. The Bertz CT molecular complexity index is 1560. The number of halogens is 3. The van der Waals surface area contributed by atoms with Crippen molar-refractivity contribution in [3.05, 3.63) is 71.8 Å². The zero-order valence-corrected chi connectivity index (χ0v) is 21.2. The van der Waals surface area contributed by atoms with Gasteiger partial charge in [0.05, 0.1) is 5.92 Å². The number of carbonyl (C=O) groups is 1. The SMILES string of the molecule is O=C(O)[C@H]1CN(c2nccc(C(F)(F)F)n2)C[C@H]1Cc1ccc(OCc2noc(-c3ccc4c(c3)OCO4)n2)cc1. The number of nitrogens with zero attached hydrogens (tertiary/aromatic N) is 5. The zero-order valence-electron chi connectivity index (χ0n) is 21.2. The van der Waals surface area contributed by atoms with E-state index in [1.165, 1.54) is 4.90 Å². The average Bonchev–Trinajstić information content (AvgIpc) is 3.72. The second-order valence-corrected chi connectivity index (χ2v) is 9.57. The lowest BCUT2D eigenvalue weighted by atomic mass is 9.90. The van der Waals surface area contributed by atoms with E-state index in [1.807, 2.05) is 12.1 Å². The van der Waals surface area contributed by atoms with Crippen LogP contribution in [0.25, 0.3) is 11.5 Å². The van der Waals surface area contributed by atoms with Gasteiger partial charge in [0.1, 0.15) is 11.4 Å². The minimum Gasteiger partial charge on any atom is -0.485 e. The lowest BCUT2D eigenvalue weighted by molar-refractivity contribution is -0.142. The average molecular weight is 569 g/mol. The summed E-state index contributed by atoms with van der Waals surface area (Å²) in [4.78, 5) is 25.3. The molecule has 11 nitrogen and oxygen atoms in total. The third-order valence-electron chi connectivity index (χ3n) is 6.85. The van der Waals surface area contributed by atoms with Crippen LogP contribution in [0.15, 0.2) is 59.3 Å². The molecule has 0 amide bonds. The summed E-state index contributed by atoms with van der Waals surface area (Å²) in [5.41, 5.74) is 0.463. The van der Waals surface area contributed by atoms with Crippen LogP contribution in [0.3, 0.4) is 0 Å². The van der Waals surface area contributed by atoms with Crippen LogP contribution in [0, 0.1) is 11.8 Å². The summed E-state index contributed by atoms with van der Waals surface area (Å²) >= 11 is 0. The van der Waals surface area contributed by atoms with Crippen LogP contribution in [0.1, 0.15) is 17.1 Å². The van der Waals surface area contributed by atoms with Crippen molar-refractivity contribution in [1.82, 2.24) is 20.1 Å². The fourth-order valence-electron chi connectivity index (χ4n) is 4.81. The molecule has 6 rings (SSSR count). The van der Waals surface area contributed by atoms with Gasteiger partial charge in [-0.15, -0.1) is 0 Å². The molecule has 4 aromatic rings. The highest BCUT2D eigenvalue weighted by atomic mass is 19.4. The smallest absolute Gasteiger partial charge is 0.433 e. The molecule has 212 valence electrons. The number of alkyl halides is 3. The van der Waals surface area contributed by atoms with Gasteiger partial charge in [-0.05, 0) is 54.3 Å². The van der Waals surface area contributed by atoms with Crippen LogP contribution in [0.4, 0.5) is 19.1 Å². The number of ether oxygens (including phenoxy) is 3. The number of anilines is 1. The maximum atomic E-state index is 13.1. The van der Waals surface area contributed by atoms with E-state index in [9.17, 15) is 23.1 Å². The Labute approximate surface area is 230 Å². The maximum absolute atomic E-state index is 13.1. The first-order chi connectivity index (χ1) is 19.7. The predicted octanol–water partition coefficient (Wildman–Crippen LogP) is 4.23. The Kier molecular flexibility index (Phi) is 6.81. The van der Waals surface area contributed by atoms with Crippen molar-refractivity contribution >= 4 is 11.9 Å². The van der Waals surface area contributed by atoms with Gasteiger partial charge >= 0.3 is 12.1 Å². The summed E-state index contributed by atoms with van der Waals surface area (Å²) in [6.45, 7) is 0.444. The third-order valence-corrected chi connectivity index (χ3v) is 6.85. The molecule has 2 aliphatic rings. The van der Waals surface area contributed by atoms with E-state index >= 15 is 0 Å². The first-order valence-electron chi connectivity index (χ1n) is 12.6. The topological polar surface area (TPSA) is 133 Å². The summed E-state index contributed by atoms with van der Waals surface area (Å²) in [5.74, 6) is 0.137. The van der Waals surface area contributed by atoms with E-state index in [-0.39, 0.29) is 38.4 Å². The monoisotopic (exact) mass is 569 g/mol. The van der Waals surface area contributed by atoms with Gasteiger partial charge in [0.2, 0.25) is 18.6 Å². The highest BCUT2D eigenvalue weighted by molar-refractivity contribution is 5.72. The molecule has 14 heteroatoms. The fraction of sp³-hybridized carbons (Fsp3) is 0.296. The van der Waals surface area contributed by atoms with Crippen molar-refractivity contribution in [3.8, 4) is 28.7 Å². The second kappa shape index (κ2) is 10.6. The quantitative estimate of drug-likeness (QED) is 0.327. The van der Waals surface area contributed by atoms with Crippen LogP contribution in [-0.2, 0) is 24.0 Å². The Hall–Kier alpha value is -4.88. The molecule has 2 aromatic heterocycles. The van der Waals surface area contributed by atoms with Gasteiger partial charge in [-0.1, -0.05) is 17.3 Å². The normalized spacial score (nSPS) is 18.1. The molecule has 0 radical (unpaired) electrons. The van der Waals surface area contributed by atoms with Gasteiger partial charge in [-0.2, -0.15) is 18.2 Å². The zero-order chi connectivity index (χ0) is 28.6. The number of hydrogen-bond donors (Lipinski definition) is 1. The van der Waals surface area contributed by atoms with Gasteiger partial charge in [-0.25, -0.2) is 9.97 Å². The molecule has 4 heterocycles. The molecule has 0 saturated carbocycles. The van der Waals surface area contributed by atoms with E-state index in [2.05, 4.69) is 20.1 Å². The first kappa shape index (κ1) is 26.3. The van der Waals surface area contributed by atoms with Gasteiger partial charge in [0.15, 0.2) is 18.1 Å². The van der Waals surface area contributed by atoms with Gasteiger partial charge < -0.3 is 28.7 Å². The number of hydrogen-bond acceptors (Lipinski definition) is 10. The Balaban J connectivity index is 1.07. The highest BCUT2D eigenvalue weighted by Gasteiger charge is 2.40. The van der Waals surface area contributed by atoms with Crippen LogP contribution >= 0.6 is 0 Å². The summed E-state index contributed by atoms with van der Waals surface area (Å²) in [6.07, 6.45) is -3.19. The molecule has 1 saturated heterocycles. The van der Waals surface area contributed by atoms with Crippen molar-refractivity contribution in [2.75, 3.05) is 24.8 Å². The molecule has 0 unspecified atom stereocenters. The van der Waals surface area contributed by atoms with E-state index in [1.54, 1.807) is 30.3 Å². The number of aliphatic carboxylic acids is 1. The number of fused-ring (bicyclic) bond motifs is 1. The van der Waals surface area contributed by atoms with Crippen LogP contribution in [0.5, 0.6) is 17.2 Å². The molecule has 0 aliphatic carbocycles. The first-order valence-corrected chi connectivity index (χ1v) is 12.6. The lowest BCUT2D eigenvalue weighted by Crippen LogP contribution is -2.25. The van der Waals surface area contributed by atoms with E-state index in [0.717, 1.165) is 17.8 Å².